The standard InChI is InChI=1S/C23H29NO/c1-22(2,3)19-11-12-21(20(15-19)23(4,5)6)25-16-18-10-8-7-9-17(18)13-14-24/h7-12,15H,13,16H2,1-6H3. The van der Waals surface area contributed by atoms with E-state index in [-0.39, 0.29) is 10.8 Å². The molecule has 0 aromatic heterocycles. The van der Waals surface area contributed by atoms with E-state index in [2.05, 4.69) is 65.8 Å². The van der Waals surface area contributed by atoms with Crippen molar-refractivity contribution in [1.82, 2.24) is 0 Å². The molecule has 2 aromatic carbocycles. The molecule has 0 aliphatic heterocycles. The minimum absolute atomic E-state index is 0.00274. The van der Waals surface area contributed by atoms with Crippen LogP contribution in [0, 0.1) is 11.3 Å². The van der Waals surface area contributed by atoms with E-state index in [1.807, 2.05) is 24.3 Å². The van der Waals surface area contributed by atoms with Crippen molar-refractivity contribution >= 4 is 0 Å². The van der Waals surface area contributed by atoms with Crippen LogP contribution in [0.15, 0.2) is 42.5 Å². The summed E-state index contributed by atoms with van der Waals surface area (Å²) in [5.41, 5.74) is 4.76. The van der Waals surface area contributed by atoms with Crippen molar-refractivity contribution in [2.24, 2.45) is 0 Å². The summed E-state index contributed by atoms with van der Waals surface area (Å²) < 4.78 is 6.19. The monoisotopic (exact) mass is 335 g/mol. The summed E-state index contributed by atoms with van der Waals surface area (Å²) in [6.45, 7) is 13.8. The van der Waals surface area contributed by atoms with Crippen LogP contribution in [0.1, 0.15) is 63.8 Å². The molecule has 0 N–H and O–H groups in total. The minimum Gasteiger partial charge on any atom is -0.489 e. The Kier molecular flexibility index (Phi) is 5.58. The van der Waals surface area contributed by atoms with Crippen LogP contribution in [0.5, 0.6) is 5.75 Å². The molecule has 0 aliphatic carbocycles. The molecule has 0 saturated heterocycles. The van der Waals surface area contributed by atoms with Crippen LogP contribution >= 0.6 is 0 Å². The average Bonchev–Trinajstić information content (AvgIpc) is 2.52. The molecule has 25 heavy (non-hydrogen) atoms. The normalized spacial score (nSPS) is 11.9. The summed E-state index contributed by atoms with van der Waals surface area (Å²) >= 11 is 0. The van der Waals surface area contributed by atoms with Gasteiger partial charge in [0.25, 0.3) is 0 Å². The zero-order valence-electron chi connectivity index (χ0n) is 16.3. The fraction of sp³-hybridized carbons (Fsp3) is 0.435. The third kappa shape index (κ3) is 4.86. The Hall–Kier alpha value is -2.27. The molecule has 0 amide bonds. The second-order valence-corrected chi connectivity index (χ2v) is 8.60. The molecule has 0 heterocycles. The van der Waals surface area contributed by atoms with Crippen LogP contribution in [0.2, 0.25) is 0 Å². The van der Waals surface area contributed by atoms with Gasteiger partial charge in [-0.1, -0.05) is 77.9 Å². The maximum absolute atomic E-state index is 9.00. The molecule has 2 nitrogen and oxygen atoms in total. The molecule has 0 radical (unpaired) electrons. The van der Waals surface area contributed by atoms with Gasteiger partial charge in [0.15, 0.2) is 0 Å². The lowest BCUT2D eigenvalue weighted by Crippen LogP contribution is -2.17. The van der Waals surface area contributed by atoms with E-state index in [4.69, 9.17) is 10.00 Å². The molecule has 2 heteroatoms. The van der Waals surface area contributed by atoms with Crippen molar-refractivity contribution in [3.05, 3.63) is 64.7 Å². The van der Waals surface area contributed by atoms with E-state index in [1.54, 1.807) is 0 Å². The van der Waals surface area contributed by atoms with Gasteiger partial charge < -0.3 is 4.74 Å². The van der Waals surface area contributed by atoms with Crippen LogP contribution < -0.4 is 4.74 Å². The maximum Gasteiger partial charge on any atom is 0.123 e. The van der Waals surface area contributed by atoms with E-state index in [9.17, 15) is 0 Å². The molecule has 0 aliphatic rings. The van der Waals surface area contributed by atoms with Crippen molar-refractivity contribution in [3.63, 3.8) is 0 Å². The van der Waals surface area contributed by atoms with Crippen molar-refractivity contribution in [1.29, 1.82) is 5.26 Å². The largest absolute Gasteiger partial charge is 0.489 e. The van der Waals surface area contributed by atoms with Crippen molar-refractivity contribution in [2.75, 3.05) is 0 Å². The van der Waals surface area contributed by atoms with Crippen molar-refractivity contribution < 1.29 is 4.74 Å². The second-order valence-electron chi connectivity index (χ2n) is 8.60. The van der Waals surface area contributed by atoms with Crippen LogP contribution in [0.4, 0.5) is 0 Å². The van der Waals surface area contributed by atoms with Gasteiger partial charge in [-0.3, -0.25) is 0 Å². The van der Waals surface area contributed by atoms with E-state index >= 15 is 0 Å². The smallest absolute Gasteiger partial charge is 0.123 e. The molecule has 0 bridgehead atoms. The molecule has 132 valence electrons. The Balaban J connectivity index is 2.33. The molecule has 0 fully saturated rings. The number of rotatable bonds is 4. The number of hydrogen-bond donors (Lipinski definition) is 0. The average molecular weight is 335 g/mol. The molecule has 2 aromatic rings. The highest BCUT2D eigenvalue weighted by Crippen LogP contribution is 2.35. The van der Waals surface area contributed by atoms with Gasteiger partial charge in [0.2, 0.25) is 0 Å². The van der Waals surface area contributed by atoms with Crippen LogP contribution in [-0.2, 0) is 23.9 Å². The van der Waals surface area contributed by atoms with Gasteiger partial charge >= 0.3 is 0 Å². The zero-order chi connectivity index (χ0) is 18.7. The molecular formula is C23H29NO. The summed E-state index contributed by atoms with van der Waals surface area (Å²) in [5, 5.41) is 9.00. The molecule has 0 spiro atoms. The first-order valence-electron chi connectivity index (χ1n) is 8.84. The van der Waals surface area contributed by atoms with Gasteiger partial charge in [-0.2, -0.15) is 5.26 Å². The Labute approximate surface area is 152 Å². The predicted octanol–water partition coefficient (Wildman–Crippen LogP) is 5.93. The highest BCUT2D eigenvalue weighted by Gasteiger charge is 2.23. The Morgan fingerprint density at radius 3 is 2.08 bits per heavy atom. The second kappa shape index (κ2) is 7.31. The number of benzene rings is 2. The van der Waals surface area contributed by atoms with Crippen molar-refractivity contribution in [3.8, 4) is 11.8 Å². The molecule has 0 unspecified atom stereocenters. The van der Waals surface area contributed by atoms with E-state index in [0.29, 0.717) is 13.0 Å². The first-order valence-corrected chi connectivity index (χ1v) is 8.84. The molecule has 0 atom stereocenters. The zero-order valence-corrected chi connectivity index (χ0v) is 16.3. The molecular weight excluding hydrogens is 306 g/mol. The Morgan fingerprint density at radius 1 is 0.880 bits per heavy atom. The fourth-order valence-corrected chi connectivity index (χ4v) is 2.82. The summed E-state index contributed by atoms with van der Waals surface area (Å²) in [6.07, 6.45) is 0.411. The van der Waals surface area contributed by atoms with E-state index in [1.165, 1.54) is 11.1 Å². The van der Waals surface area contributed by atoms with Gasteiger partial charge in [0, 0.05) is 0 Å². The molecule has 2 rings (SSSR count). The van der Waals surface area contributed by atoms with E-state index < -0.39 is 0 Å². The SMILES string of the molecule is CC(C)(C)c1ccc(OCc2ccccc2CC#N)c(C(C)(C)C)c1. The summed E-state index contributed by atoms with van der Waals surface area (Å²) in [7, 11) is 0. The van der Waals surface area contributed by atoms with Crippen LogP contribution in [0.25, 0.3) is 0 Å². The van der Waals surface area contributed by atoms with Crippen LogP contribution in [-0.4, -0.2) is 0 Å². The molecule has 0 saturated carbocycles. The lowest BCUT2D eigenvalue weighted by molar-refractivity contribution is 0.296. The van der Waals surface area contributed by atoms with Crippen LogP contribution in [0.3, 0.4) is 0 Å². The first kappa shape index (κ1) is 19.1. The number of nitriles is 1. The van der Waals surface area contributed by atoms with Gasteiger partial charge in [-0.05, 0) is 39.2 Å². The highest BCUT2D eigenvalue weighted by molar-refractivity contribution is 5.44. The summed E-state index contributed by atoms with van der Waals surface area (Å²) in [5.74, 6) is 0.923. The minimum atomic E-state index is 0.00274. The Bertz CT molecular complexity index is 770. The fourth-order valence-electron chi connectivity index (χ4n) is 2.82. The lowest BCUT2D eigenvalue weighted by atomic mass is 9.80. The quantitative estimate of drug-likeness (QED) is 0.694. The predicted molar refractivity (Wildman–Crippen MR) is 104 cm³/mol. The topological polar surface area (TPSA) is 33.0 Å². The summed E-state index contributed by atoms with van der Waals surface area (Å²) in [4.78, 5) is 0. The lowest BCUT2D eigenvalue weighted by Gasteiger charge is -2.27. The number of hydrogen-bond acceptors (Lipinski definition) is 2. The number of nitrogens with zero attached hydrogens (tertiary/aromatic N) is 1. The van der Waals surface area contributed by atoms with Crippen molar-refractivity contribution in [2.45, 2.75) is 65.4 Å². The van der Waals surface area contributed by atoms with Gasteiger partial charge in [0.1, 0.15) is 12.4 Å². The van der Waals surface area contributed by atoms with Gasteiger partial charge in [-0.25, -0.2) is 0 Å². The third-order valence-corrected chi connectivity index (χ3v) is 4.42. The first-order chi connectivity index (χ1) is 11.6. The maximum atomic E-state index is 9.00. The third-order valence-electron chi connectivity index (χ3n) is 4.42. The highest BCUT2D eigenvalue weighted by atomic mass is 16.5. The van der Waals surface area contributed by atoms with E-state index in [0.717, 1.165) is 16.9 Å². The summed E-state index contributed by atoms with van der Waals surface area (Å²) in [6, 6.07) is 16.7. The van der Waals surface area contributed by atoms with Gasteiger partial charge in [0.05, 0.1) is 12.5 Å². The number of ether oxygens (including phenoxy) is 1. The Morgan fingerprint density at radius 2 is 1.52 bits per heavy atom. The van der Waals surface area contributed by atoms with Gasteiger partial charge in [-0.15, -0.1) is 0 Å².